The molecule has 0 spiro atoms. The zero-order valence-corrected chi connectivity index (χ0v) is 16.2. The van der Waals surface area contributed by atoms with Crippen molar-refractivity contribution in [2.24, 2.45) is 0 Å². The Morgan fingerprint density at radius 2 is 1.54 bits per heavy atom. The van der Waals surface area contributed by atoms with Crippen molar-refractivity contribution in [3.63, 3.8) is 0 Å². The smallest absolute Gasteiger partial charge is 0.339 e. The first-order chi connectivity index (χ1) is 12.3. The van der Waals surface area contributed by atoms with Crippen LogP contribution >= 0.6 is 0 Å². The minimum atomic E-state index is -0.810. The van der Waals surface area contributed by atoms with E-state index in [9.17, 15) is 9.59 Å². The molecule has 0 saturated heterocycles. The number of nitrogens with zero attached hydrogens (tertiary/aromatic N) is 1. The maximum atomic E-state index is 12.8. The highest BCUT2D eigenvalue weighted by Crippen LogP contribution is 2.33. The van der Waals surface area contributed by atoms with E-state index < -0.39 is 12.1 Å². The number of aryl methyl sites for hydroxylation is 2. The third kappa shape index (κ3) is 3.20. The van der Waals surface area contributed by atoms with Crippen molar-refractivity contribution in [2.75, 3.05) is 0 Å². The molecular formula is C22H27NO3. The summed E-state index contributed by atoms with van der Waals surface area (Å²) >= 11 is 0. The zero-order chi connectivity index (χ0) is 19.0. The van der Waals surface area contributed by atoms with E-state index in [0.717, 1.165) is 18.2 Å². The Kier molecular flexibility index (Phi) is 5.03. The monoisotopic (exact) mass is 353 g/mol. The Hall–Kier alpha value is -2.36. The van der Waals surface area contributed by atoms with Crippen molar-refractivity contribution in [3.05, 3.63) is 47.0 Å². The van der Waals surface area contributed by atoms with Crippen LogP contribution in [-0.2, 0) is 22.4 Å². The van der Waals surface area contributed by atoms with Crippen LogP contribution in [0.1, 0.15) is 56.1 Å². The molecule has 138 valence electrons. The van der Waals surface area contributed by atoms with Crippen molar-refractivity contribution in [1.82, 2.24) is 4.90 Å². The number of hydrogen-bond donors (Lipinski definition) is 0. The molecule has 4 nitrogen and oxygen atoms in total. The lowest BCUT2D eigenvalue weighted by Gasteiger charge is -2.32. The lowest BCUT2D eigenvalue weighted by atomic mass is 10.00. The van der Waals surface area contributed by atoms with Crippen LogP contribution < -0.4 is 0 Å². The van der Waals surface area contributed by atoms with Crippen LogP contribution in [0.15, 0.2) is 30.3 Å². The van der Waals surface area contributed by atoms with Crippen LogP contribution in [0.4, 0.5) is 0 Å². The van der Waals surface area contributed by atoms with Crippen LogP contribution in [0.25, 0.3) is 10.8 Å². The molecule has 1 aliphatic rings. The molecule has 0 bridgehead atoms. The minimum absolute atomic E-state index is 0.0560. The molecule has 1 atom stereocenters. The number of rotatable bonds is 5. The Bertz CT molecular complexity index is 836. The average Bonchev–Trinajstić information content (AvgIpc) is 2.99. The SMILES string of the molecule is CC(OC(=O)c1ccc2c3c(cccc13)CC2)C(=O)N(C(C)C)C(C)C. The summed E-state index contributed by atoms with van der Waals surface area (Å²) in [6, 6.07) is 10.0. The number of carbonyl (C=O) groups is 2. The minimum Gasteiger partial charge on any atom is -0.449 e. The fourth-order valence-electron chi connectivity index (χ4n) is 4.01. The Morgan fingerprint density at radius 1 is 0.923 bits per heavy atom. The van der Waals surface area contributed by atoms with E-state index in [1.807, 2.05) is 52.0 Å². The van der Waals surface area contributed by atoms with Gasteiger partial charge < -0.3 is 9.64 Å². The van der Waals surface area contributed by atoms with Crippen LogP contribution in [0.3, 0.4) is 0 Å². The quantitative estimate of drug-likeness (QED) is 0.759. The second-order valence-electron chi connectivity index (χ2n) is 7.59. The summed E-state index contributed by atoms with van der Waals surface area (Å²) in [6.07, 6.45) is 1.21. The summed E-state index contributed by atoms with van der Waals surface area (Å²) in [5.41, 5.74) is 3.09. The van der Waals surface area contributed by atoms with Crippen LogP contribution in [0.5, 0.6) is 0 Å². The molecule has 1 unspecified atom stereocenters. The van der Waals surface area contributed by atoms with E-state index >= 15 is 0 Å². The molecule has 3 rings (SSSR count). The second-order valence-corrected chi connectivity index (χ2v) is 7.59. The van der Waals surface area contributed by atoms with E-state index in [4.69, 9.17) is 4.74 Å². The largest absolute Gasteiger partial charge is 0.449 e. The molecule has 0 heterocycles. The number of hydrogen-bond acceptors (Lipinski definition) is 3. The molecule has 0 radical (unpaired) electrons. The van der Waals surface area contributed by atoms with Crippen molar-refractivity contribution in [3.8, 4) is 0 Å². The first-order valence-corrected chi connectivity index (χ1v) is 9.38. The predicted molar refractivity (Wildman–Crippen MR) is 103 cm³/mol. The van der Waals surface area contributed by atoms with E-state index in [2.05, 4.69) is 6.07 Å². The normalized spacial score (nSPS) is 14.1. The number of carbonyl (C=O) groups excluding carboxylic acids is 2. The summed E-state index contributed by atoms with van der Waals surface area (Å²) in [7, 11) is 0. The first-order valence-electron chi connectivity index (χ1n) is 9.38. The highest BCUT2D eigenvalue weighted by atomic mass is 16.5. The molecule has 1 amide bonds. The molecule has 0 aromatic heterocycles. The summed E-state index contributed by atoms with van der Waals surface area (Å²) in [5, 5.41) is 2.10. The van der Waals surface area contributed by atoms with Crippen molar-refractivity contribution >= 4 is 22.6 Å². The molecule has 0 aliphatic heterocycles. The Labute approximate surface area is 155 Å². The predicted octanol–water partition coefficient (Wildman–Crippen LogP) is 4.13. The van der Waals surface area contributed by atoms with Crippen LogP contribution in [-0.4, -0.2) is 35.0 Å². The van der Waals surface area contributed by atoms with Gasteiger partial charge in [-0.3, -0.25) is 4.79 Å². The number of amides is 1. The zero-order valence-electron chi connectivity index (χ0n) is 16.2. The molecule has 0 N–H and O–H groups in total. The van der Waals surface area contributed by atoms with Crippen molar-refractivity contribution in [2.45, 2.75) is 65.6 Å². The molecule has 2 aromatic carbocycles. The van der Waals surface area contributed by atoms with Crippen LogP contribution in [0.2, 0.25) is 0 Å². The van der Waals surface area contributed by atoms with Gasteiger partial charge in [0.25, 0.3) is 5.91 Å². The highest BCUT2D eigenvalue weighted by Gasteiger charge is 2.29. The number of benzene rings is 2. The molecule has 26 heavy (non-hydrogen) atoms. The van der Waals surface area contributed by atoms with Gasteiger partial charge in [0.2, 0.25) is 0 Å². The summed E-state index contributed by atoms with van der Waals surface area (Å²) < 4.78 is 5.56. The average molecular weight is 353 g/mol. The highest BCUT2D eigenvalue weighted by molar-refractivity contribution is 6.07. The molecule has 0 fully saturated rings. The van der Waals surface area contributed by atoms with Gasteiger partial charge in [0.05, 0.1) is 5.56 Å². The standard InChI is InChI=1S/C22H27NO3/c1-13(2)23(14(3)4)21(24)15(5)26-22(25)19-12-11-17-10-9-16-7-6-8-18(19)20(16)17/h6-8,11-15H,9-10H2,1-5H3. The molecule has 1 aliphatic carbocycles. The van der Waals surface area contributed by atoms with E-state index in [1.54, 1.807) is 11.8 Å². The van der Waals surface area contributed by atoms with Gasteiger partial charge in [-0.1, -0.05) is 24.3 Å². The Morgan fingerprint density at radius 3 is 2.15 bits per heavy atom. The van der Waals surface area contributed by atoms with Crippen molar-refractivity contribution in [1.29, 1.82) is 0 Å². The van der Waals surface area contributed by atoms with Gasteiger partial charge in [-0.25, -0.2) is 4.79 Å². The molecule has 4 heteroatoms. The van der Waals surface area contributed by atoms with Gasteiger partial charge >= 0.3 is 5.97 Å². The molecule has 0 saturated carbocycles. The topological polar surface area (TPSA) is 46.6 Å². The third-order valence-electron chi connectivity index (χ3n) is 5.10. The lowest BCUT2D eigenvalue weighted by molar-refractivity contribution is -0.143. The van der Waals surface area contributed by atoms with Gasteiger partial charge in [0.15, 0.2) is 6.10 Å². The maximum absolute atomic E-state index is 12.8. The first kappa shape index (κ1) is 18.4. The fraction of sp³-hybridized carbons (Fsp3) is 0.455. The number of ether oxygens (including phenoxy) is 1. The number of esters is 1. The van der Waals surface area contributed by atoms with Gasteiger partial charge in [0, 0.05) is 12.1 Å². The summed E-state index contributed by atoms with van der Waals surface area (Å²) in [6.45, 7) is 9.52. The fourth-order valence-corrected chi connectivity index (χ4v) is 4.01. The lowest BCUT2D eigenvalue weighted by Crippen LogP contribution is -2.47. The van der Waals surface area contributed by atoms with Gasteiger partial charge in [-0.05, 0) is 75.4 Å². The van der Waals surface area contributed by atoms with E-state index in [0.29, 0.717) is 5.56 Å². The summed E-state index contributed by atoms with van der Waals surface area (Å²) in [4.78, 5) is 27.3. The van der Waals surface area contributed by atoms with Crippen LogP contribution in [0, 0.1) is 0 Å². The maximum Gasteiger partial charge on any atom is 0.339 e. The van der Waals surface area contributed by atoms with Gasteiger partial charge in [-0.2, -0.15) is 0 Å². The van der Waals surface area contributed by atoms with Crippen molar-refractivity contribution < 1.29 is 14.3 Å². The Balaban J connectivity index is 1.85. The molecule has 2 aromatic rings. The third-order valence-corrected chi connectivity index (χ3v) is 5.10. The summed E-state index contributed by atoms with van der Waals surface area (Å²) in [5.74, 6) is -0.594. The van der Waals surface area contributed by atoms with Gasteiger partial charge in [0.1, 0.15) is 0 Å². The second kappa shape index (κ2) is 7.10. The molecular weight excluding hydrogens is 326 g/mol. The van der Waals surface area contributed by atoms with E-state index in [-0.39, 0.29) is 18.0 Å². The van der Waals surface area contributed by atoms with E-state index in [1.165, 1.54) is 16.5 Å². The van der Waals surface area contributed by atoms with Gasteiger partial charge in [-0.15, -0.1) is 0 Å².